The maximum Gasteiger partial charge on any atom is 0.0591 e. The lowest BCUT2D eigenvalue weighted by molar-refractivity contribution is 0.0717. The van der Waals surface area contributed by atoms with E-state index in [1.54, 1.807) is 0 Å². The molecule has 0 bridgehead atoms. The van der Waals surface area contributed by atoms with E-state index in [0.29, 0.717) is 12.1 Å². The van der Waals surface area contributed by atoms with Crippen molar-refractivity contribution in [3.8, 4) is 0 Å². The Hall–Kier alpha value is -0.420. The minimum atomic E-state index is 0.189. The molecule has 1 fully saturated rings. The highest BCUT2D eigenvalue weighted by Gasteiger charge is 2.28. The molecule has 18 heavy (non-hydrogen) atoms. The van der Waals surface area contributed by atoms with E-state index in [-0.39, 0.29) is 6.04 Å². The van der Waals surface area contributed by atoms with Crippen molar-refractivity contribution in [2.45, 2.75) is 38.9 Å². The lowest BCUT2D eigenvalue weighted by atomic mass is 10.1. The Morgan fingerprint density at radius 1 is 1.11 bits per heavy atom. The summed E-state index contributed by atoms with van der Waals surface area (Å²) in [6.45, 7) is 11.2. The van der Waals surface area contributed by atoms with Gasteiger partial charge >= 0.3 is 0 Å². The molecule has 2 N–H and O–H groups in total. The van der Waals surface area contributed by atoms with Crippen LogP contribution in [0.5, 0.6) is 0 Å². The van der Waals surface area contributed by atoms with Gasteiger partial charge in [-0.3, -0.25) is 9.80 Å². The zero-order chi connectivity index (χ0) is 13.1. The molecule has 2 heterocycles. The molecular formula is C14H25N3S. The van der Waals surface area contributed by atoms with E-state index in [2.05, 4.69) is 48.1 Å². The Labute approximate surface area is 115 Å². The molecule has 4 heteroatoms. The number of thiophene rings is 1. The number of rotatable bonds is 4. The highest BCUT2D eigenvalue weighted by Crippen LogP contribution is 2.28. The first-order chi connectivity index (χ1) is 8.59. The summed E-state index contributed by atoms with van der Waals surface area (Å²) >= 11 is 1.82. The Morgan fingerprint density at radius 3 is 2.17 bits per heavy atom. The van der Waals surface area contributed by atoms with Gasteiger partial charge in [0, 0.05) is 43.1 Å². The molecule has 0 aromatic carbocycles. The smallest absolute Gasteiger partial charge is 0.0591 e. The predicted molar refractivity (Wildman–Crippen MR) is 79.0 cm³/mol. The van der Waals surface area contributed by atoms with Gasteiger partial charge in [-0.15, -0.1) is 11.3 Å². The fraction of sp³-hybridized carbons (Fsp3) is 0.714. The standard InChI is InChI=1S/C14H25N3S/c1-11(2)16-6-8-17(9-7-16)14(12(3)15)13-5-4-10-18-13/h4-5,10-12,14H,6-9,15H2,1-3H3. The van der Waals surface area contributed by atoms with E-state index in [9.17, 15) is 0 Å². The van der Waals surface area contributed by atoms with Crippen molar-refractivity contribution in [1.82, 2.24) is 9.80 Å². The van der Waals surface area contributed by atoms with Crippen LogP contribution in [0.15, 0.2) is 17.5 Å². The highest BCUT2D eigenvalue weighted by molar-refractivity contribution is 7.10. The van der Waals surface area contributed by atoms with Gasteiger partial charge in [-0.1, -0.05) is 6.07 Å². The summed E-state index contributed by atoms with van der Waals surface area (Å²) in [7, 11) is 0. The molecule has 1 saturated heterocycles. The van der Waals surface area contributed by atoms with E-state index in [1.807, 2.05) is 11.3 Å². The van der Waals surface area contributed by atoms with Crippen molar-refractivity contribution in [1.29, 1.82) is 0 Å². The molecule has 1 aliphatic heterocycles. The number of hydrogen-bond donors (Lipinski definition) is 1. The van der Waals surface area contributed by atoms with Gasteiger partial charge in [0.05, 0.1) is 6.04 Å². The Morgan fingerprint density at radius 2 is 1.72 bits per heavy atom. The third-order valence-corrected chi connectivity index (χ3v) is 4.75. The zero-order valence-electron chi connectivity index (χ0n) is 11.7. The largest absolute Gasteiger partial charge is 0.326 e. The summed E-state index contributed by atoms with van der Waals surface area (Å²) in [5.74, 6) is 0. The molecule has 0 radical (unpaired) electrons. The second-order valence-corrected chi connectivity index (χ2v) is 6.46. The number of hydrogen-bond acceptors (Lipinski definition) is 4. The molecule has 0 saturated carbocycles. The highest BCUT2D eigenvalue weighted by atomic mass is 32.1. The number of nitrogens with zero attached hydrogens (tertiary/aromatic N) is 2. The van der Waals surface area contributed by atoms with Gasteiger partial charge in [0.2, 0.25) is 0 Å². The molecular weight excluding hydrogens is 242 g/mol. The zero-order valence-corrected chi connectivity index (χ0v) is 12.5. The van der Waals surface area contributed by atoms with E-state index < -0.39 is 0 Å². The van der Waals surface area contributed by atoms with Gasteiger partial charge in [0.25, 0.3) is 0 Å². The minimum absolute atomic E-state index is 0.189. The molecule has 3 nitrogen and oxygen atoms in total. The molecule has 0 amide bonds. The fourth-order valence-electron chi connectivity index (χ4n) is 2.76. The first-order valence-electron chi connectivity index (χ1n) is 6.86. The number of nitrogens with two attached hydrogens (primary N) is 1. The summed E-state index contributed by atoms with van der Waals surface area (Å²) in [5.41, 5.74) is 6.20. The minimum Gasteiger partial charge on any atom is -0.326 e. The number of piperazine rings is 1. The molecule has 0 aliphatic carbocycles. The van der Waals surface area contributed by atoms with Gasteiger partial charge in [-0.25, -0.2) is 0 Å². The van der Waals surface area contributed by atoms with Crippen LogP contribution in [0.3, 0.4) is 0 Å². The molecule has 1 aliphatic rings. The first kappa shape index (κ1) is 14.0. The van der Waals surface area contributed by atoms with Crippen molar-refractivity contribution >= 4 is 11.3 Å². The quantitative estimate of drug-likeness (QED) is 0.907. The summed E-state index contributed by atoms with van der Waals surface area (Å²) in [6.07, 6.45) is 0. The van der Waals surface area contributed by atoms with Crippen LogP contribution in [0.25, 0.3) is 0 Å². The van der Waals surface area contributed by atoms with Crippen molar-refractivity contribution in [3.05, 3.63) is 22.4 Å². The third-order valence-electron chi connectivity index (χ3n) is 3.81. The average molecular weight is 267 g/mol. The van der Waals surface area contributed by atoms with Crippen LogP contribution in [0, 0.1) is 0 Å². The molecule has 1 aromatic heterocycles. The molecule has 2 rings (SSSR count). The topological polar surface area (TPSA) is 32.5 Å². The van der Waals surface area contributed by atoms with Crippen molar-refractivity contribution in [2.24, 2.45) is 5.73 Å². The van der Waals surface area contributed by atoms with Crippen LogP contribution in [0.1, 0.15) is 31.7 Å². The summed E-state index contributed by atoms with van der Waals surface area (Å²) in [4.78, 5) is 6.50. The van der Waals surface area contributed by atoms with Crippen molar-refractivity contribution in [2.75, 3.05) is 26.2 Å². The molecule has 102 valence electrons. The van der Waals surface area contributed by atoms with E-state index in [4.69, 9.17) is 5.73 Å². The second kappa shape index (κ2) is 6.15. The van der Waals surface area contributed by atoms with Gasteiger partial charge in [0.1, 0.15) is 0 Å². The SMILES string of the molecule is CC(N)C(c1cccs1)N1CCN(C(C)C)CC1. The lowest BCUT2D eigenvalue weighted by Crippen LogP contribution is -2.52. The predicted octanol–water partition coefficient (Wildman–Crippen LogP) is 2.16. The van der Waals surface area contributed by atoms with Crippen LogP contribution in [-0.2, 0) is 0 Å². The van der Waals surface area contributed by atoms with Crippen LogP contribution < -0.4 is 5.73 Å². The van der Waals surface area contributed by atoms with E-state index >= 15 is 0 Å². The first-order valence-corrected chi connectivity index (χ1v) is 7.74. The van der Waals surface area contributed by atoms with Gasteiger partial charge in [-0.2, -0.15) is 0 Å². The molecule has 1 aromatic rings. The van der Waals surface area contributed by atoms with Gasteiger partial charge < -0.3 is 5.73 Å². The van der Waals surface area contributed by atoms with Crippen LogP contribution in [0.4, 0.5) is 0 Å². The van der Waals surface area contributed by atoms with E-state index in [1.165, 1.54) is 4.88 Å². The molecule has 2 unspecified atom stereocenters. The normalized spacial score (nSPS) is 22.3. The summed E-state index contributed by atoms with van der Waals surface area (Å²) < 4.78 is 0. The third kappa shape index (κ3) is 3.12. The van der Waals surface area contributed by atoms with Gasteiger partial charge in [-0.05, 0) is 32.2 Å². The fourth-order valence-corrected chi connectivity index (χ4v) is 3.74. The molecule has 2 atom stereocenters. The maximum absolute atomic E-state index is 6.20. The Balaban J connectivity index is 2.02. The second-order valence-electron chi connectivity index (χ2n) is 5.49. The summed E-state index contributed by atoms with van der Waals surface area (Å²) in [6, 6.07) is 5.57. The average Bonchev–Trinajstić information content (AvgIpc) is 2.83. The van der Waals surface area contributed by atoms with Crippen LogP contribution in [0.2, 0.25) is 0 Å². The van der Waals surface area contributed by atoms with Crippen molar-refractivity contribution in [3.63, 3.8) is 0 Å². The molecule has 0 spiro atoms. The summed E-state index contributed by atoms with van der Waals surface area (Å²) in [5, 5.41) is 2.15. The van der Waals surface area contributed by atoms with Crippen molar-refractivity contribution < 1.29 is 0 Å². The monoisotopic (exact) mass is 267 g/mol. The lowest BCUT2D eigenvalue weighted by Gasteiger charge is -2.41. The Kier molecular flexibility index (Phi) is 4.78. The van der Waals surface area contributed by atoms with Crippen LogP contribution >= 0.6 is 11.3 Å². The Bertz CT molecular complexity index is 340. The van der Waals surface area contributed by atoms with Gasteiger partial charge in [0.15, 0.2) is 0 Å². The van der Waals surface area contributed by atoms with E-state index in [0.717, 1.165) is 26.2 Å². The van der Waals surface area contributed by atoms with Crippen LogP contribution in [-0.4, -0.2) is 48.1 Å². The maximum atomic E-state index is 6.20.